The Hall–Kier alpha value is -0.157. The van der Waals surface area contributed by atoms with Crippen LogP contribution in [-0.4, -0.2) is 27.8 Å². The summed E-state index contributed by atoms with van der Waals surface area (Å²) in [5.74, 6) is 0. The van der Waals surface area contributed by atoms with Crippen LogP contribution in [-0.2, 0) is 0 Å². The molecule has 3 heteroatoms. The van der Waals surface area contributed by atoms with Crippen LogP contribution < -0.4 is 10.6 Å². The zero-order valence-electron chi connectivity index (χ0n) is 13.1. The molecule has 0 spiro atoms. The fraction of sp³-hybridized carbons (Fsp3) is 0.333. The van der Waals surface area contributed by atoms with Crippen LogP contribution in [0.25, 0.3) is 0 Å². The Labute approximate surface area is 140 Å². The van der Waals surface area contributed by atoms with Crippen molar-refractivity contribution in [1.29, 1.82) is 0 Å². The summed E-state index contributed by atoms with van der Waals surface area (Å²) in [6.07, 6.45) is 2.63. The van der Waals surface area contributed by atoms with Gasteiger partial charge in [0.1, 0.15) is 0 Å². The molecule has 0 fully saturated rings. The molecule has 0 amide bonds. The van der Waals surface area contributed by atoms with Crippen molar-refractivity contribution in [3.63, 3.8) is 0 Å². The molecule has 0 saturated heterocycles. The number of hydrogen-bond acceptors (Lipinski definition) is 0. The maximum absolute atomic E-state index is 2.27. The molecular weight excluding hydrogens is 351 g/mol. The van der Waals surface area contributed by atoms with E-state index in [2.05, 4.69) is 74.5 Å². The minimum absolute atomic E-state index is 0.528. The van der Waals surface area contributed by atoms with E-state index in [1.165, 1.54) is 33.4 Å². The van der Waals surface area contributed by atoms with Crippen molar-refractivity contribution in [3.05, 3.63) is 60.7 Å². The quantitative estimate of drug-likeness (QED) is 0.377. The average Bonchev–Trinajstić information content (AvgIpc) is 2.55. The molecule has 0 aromatic heterocycles. The van der Waals surface area contributed by atoms with E-state index in [1.807, 2.05) is 0 Å². The largest absolute Gasteiger partial charge is 0.0900 e. The smallest absolute Gasteiger partial charge is 0.0271 e. The Kier molecular flexibility index (Phi) is 12.1. The Morgan fingerprint density at radius 3 is 1.33 bits per heavy atom. The van der Waals surface area contributed by atoms with Crippen LogP contribution in [0.3, 0.4) is 0 Å². The van der Waals surface area contributed by atoms with Gasteiger partial charge in [0.15, 0.2) is 0 Å². The van der Waals surface area contributed by atoms with Gasteiger partial charge in [0.2, 0.25) is 0 Å². The van der Waals surface area contributed by atoms with Gasteiger partial charge in [-0.1, -0.05) is 77.8 Å². The van der Waals surface area contributed by atoms with Crippen LogP contribution in [0.2, 0.25) is 10.5 Å². The summed E-state index contributed by atoms with van der Waals surface area (Å²) in [5, 5.41) is 5.91. The normalized spacial score (nSPS) is 11.0. The van der Waals surface area contributed by atoms with E-state index in [4.69, 9.17) is 0 Å². The standard InChI is InChI=1S/C14H16P2.C4H10Ge/c1-3-7-13(8-4-1)15-11-12-16-14-9-5-2-6-10-14;1-3-5-4-2/h1-10,15-16H,11-12H2;3-4H2,1-2H3. The van der Waals surface area contributed by atoms with Crippen LogP contribution in [0.5, 0.6) is 0 Å². The van der Waals surface area contributed by atoms with E-state index in [1.54, 1.807) is 0 Å². The number of benzene rings is 2. The van der Waals surface area contributed by atoms with E-state index < -0.39 is 0 Å². The molecule has 0 aliphatic rings. The molecular formula is C18H26GeP2. The predicted molar refractivity (Wildman–Crippen MR) is 105 cm³/mol. The topological polar surface area (TPSA) is 0 Å². The first-order chi connectivity index (χ1) is 10.4. The van der Waals surface area contributed by atoms with Crippen molar-refractivity contribution >= 4 is 43.2 Å². The molecule has 0 heterocycles. The number of rotatable bonds is 7. The van der Waals surface area contributed by atoms with Gasteiger partial charge in [0.25, 0.3) is 0 Å². The fourth-order valence-corrected chi connectivity index (χ4v) is 5.26. The molecule has 2 aromatic rings. The second-order valence-electron chi connectivity index (χ2n) is 4.54. The summed E-state index contributed by atoms with van der Waals surface area (Å²) >= 11 is 0.528. The van der Waals surface area contributed by atoms with Gasteiger partial charge < -0.3 is 0 Å². The molecule has 0 N–H and O–H groups in total. The SMILES string of the molecule is C[CH2][Ge][CH2]C.c1ccc(PCCPc2ccccc2)cc1. The molecule has 0 bridgehead atoms. The minimum atomic E-state index is 0.528. The molecule has 0 aliphatic carbocycles. The van der Waals surface area contributed by atoms with Gasteiger partial charge in [-0.3, -0.25) is 0 Å². The first-order valence-corrected chi connectivity index (χ1v) is 13.0. The summed E-state index contributed by atoms with van der Waals surface area (Å²) in [5.41, 5.74) is 0. The summed E-state index contributed by atoms with van der Waals surface area (Å²) in [4.78, 5) is 0. The Morgan fingerprint density at radius 1 is 0.667 bits per heavy atom. The number of hydrogen-bond donors (Lipinski definition) is 0. The van der Waals surface area contributed by atoms with Crippen LogP contribution in [0, 0.1) is 0 Å². The van der Waals surface area contributed by atoms with E-state index in [0.29, 0.717) is 15.4 Å². The third kappa shape index (κ3) is 10.2. The Morgan fingerprint density at radius 2 is 1.05 bits per heavy atom. The van der Waals surface area contributed by atoms with Crippen molar-refractivity contribution < 1.29 is 0 Å². The zero-order chi connectivity index (χ0) is 15.2. The molecule has 2 radical (unpaired) electrons. The molecule has 2 rings (SSSR count). The van der Waals surface area contributed by atoms with E-state index >= 15 is 0 Å². The van der Waals surface area contributed by atoms with E-state index in [9.17, 15) is 0 Å². The van der Waals surface area contributed by atoms with Crippen molar-refractivity contribution in [2.75, 3.05) is 12.3 Å². The van der Waals surface area contributed by atoms with Crippen molar-refractivity contribution in [1.82, 2.24) is 0 Å². The monoisotopic (exact) mass is 378 g/mol. The zero-order valence-corrected chi connectivity index (χ0v) is 17.2. The van der Waals surface area contributed by atoms with Crippen LogP contribution in [0.4, 0.5) is 0 Å². The van der Waals surface area contributed by atoms with Gasteiger partial charge in [0.05, 0.1) is 0 Å². The third-order valence-corrected chi connectivity index (χ3v) is 7.91. The molecule has 2 unspecified atom stereocenters. The minimum Gasteiger partial charge on any atom is -0.0900 e. The summed E-state index contributed by atoms with van der Waals surface area (Å²) in [6, 6.07) is 21.6. The first kappa shape index (κ1) is 18.9. The van der Waals surface area contributed by atoms with Gasteiger partial charge in [-0.2, -0.15) is 0 Å². The Balaban J connectivity index is 0.000000383. The fourth-order valence-electron chi connectivity index (χ4n) is 1.78. The molecule has 0 saturated carbocycles. The first-order valence-electron chi connectivity index (χ1n) is 7.65. The van der Waals surface area contributed by atoms with Crippen molar-refractivity contribution in [2.24, 2.45) is 0 Å². The van der Waals surface area contributed by atoms with Gasteiger partial charge >= 0.3 is 39.8 Å². The second kappa shape index (κ2) is 13.5. The average molecular weight is 377 g/mol. The molecule has 2 atom stereocenters. The van der Waals surface area contributed by atoms with Crippen LogP contribution in [0.15, 0.2) is 60.7 Å². The molecule has 0 aliphatic heterocycles. The maximum Gasteiger partial charge on any atom is -0.0271 e. The third-order valence-electron chi connectivity index (χ3n) is 2.83. The predicted octanol–water partition coefficient (Wildman–Crippen LogP) is 4.56. The van der Waals surface area contributed by atoms with Gasteiger partial charge in [0, 0.05) is 0 Å². The van der Waals surface area contributed by atoms with Gasteiger partial charge in [-0.25, -0.2) is 0 Å². The summed E-state index contributed by atoms with van der Waals surface area (Å²) in [6.45, 7) is 4.53. The van der Waals surface area contributed by atoms with Gasteiger partial charge in [-0.05, 0) is 22.9 Å². The molecule has 21 heavy (non-hydrogen) atoms. The molecule has 0 nitrogen and oxygen atoms in total. The second-order valence-corrected chi connectivity index (χ2v) is 11.4. The summed E-state index contributed by atoms with van der Waals surface area (Å²) in [7, 11) is 1.93. The maximum atomic E-state index is 2.27. The van der Waals surface area contributed by atoms with Crippen LogP contribution in [0.1, 0.15) is 13.8 Å². The van der Waals surface area contributed by atoms with Crippen molar-refractivity contribution in [2.45, 2.75) is 24.4 Å². The summed E-state index contributed by atoms with van der Waals surface area (Å²) < 4.78 is 0. The van der Waals surface area contributed by atoms with Crippen molar-refractivity contribution in [3.8, 4) is 0 Å². The van der Waals surface area contributed by atoms with Crippen LogP contribution >= 0.6 is 17.2 Å². The molecule has 112 valence electrons. The molecule has 2 aromatic carbocycles. The van der Waals surface area contributed by atoms with E-state index in [-0.39, 0.29) is 0 Å². The van der Waals surface area contributed by atoms with E-state index in [0.717, 1.165) is 17.2 Å². The van der Waals surface area contributed by atoms with Gasteiger partial charge in [-0.15, -0.1) is 0 Å². The Bertz CT molecular complexity index is 402.